The standard InChI is InChI=1S/C19H21ClN2O4S/c1-4-22(12-19(24)21-18-11-16(20)9-8-13(18)2)27(25,26)17-7-5-6-15(10-17)14(3)23/h5-11H,4,12H2,1-3H3,(H,21,24). The van der Waals surface area contributed by atoms with E-state index in [1.165, 1.54) is 25.1 Å². The molecule has 0 spiro atoms. The van der Waals surface area contributed by atoms with Crippen LogP contribution in [0.15, 0.2) is 47.4 Å². The van der Waals surface area contributed by atoms with Crippen LogP contribution in [-0.4, -0.2) is 37.5 Å². The van der Waals surface area contributed by atoms with E-state index in [9.17, 15) is 18.0 Å². The Morgan fingerprint density at radius 2 is 1.85 bits per heavy atom. The molecule has 0 fully saturated rings. The molecule has 1 N–H and O–H groups in total. The summed E-state index contributed by atoms with van der Waals surface area (Å²) in [5, 5.41) is 3.15. The molecule has 0 aliphatic heterocycles. The van der Waals surface area contributed by atoms with Gasteiger partial charge in [0.15, 0.2) is 5.78 Å². The van der Waals surface area contributed by atoms with Crippen LogP contribution in [0.25, 0.3) is 0 Å². The fourth-order valence-electron chi connectivity index (χ4n) is 2.47. The van der Waals surface area contributed by atoms with E-state index >= 15 is 0 Å². The second kappa shape index (κ2) is 8.65. The number of sulfonamides is 1. The third-order valence-corrected chi connectivity index (χ3v) is 6.18. The summed E-state index contributed by atoms with van der Waals surface area (Å²) in [5.74, 6) is -0.710. The second-order valence-electron chi connectivity index (χ2n) is 6.02. The molecule has 1 amide bonds. The van der Waals surface area contributed by atoms with E-state index in [0.29, 0.717) is 16.3 Å². The number of ketones is 1. The summed E-state index contributed by atoms with van der Waals surface area (Å²) in [6.07, 6.45) is 0. The van der Waals surface area contributed by atoms with Gasteiger partial charge in [-0.2, -0.15) is 4.31 Å². The highest BCUT2D eigenvalue weighted by molar-refractivity contribution is 7.89. The van der Waals surface area contributed by atoms with Crippen LogP contribution in [0.1, 0.15) is 29.8 Å². The number of nitrogens with zero attached hydrogens (tertiary/aromatic N) is 1. The number of rotatable bonds is 7. The van der Waals surface area contributed by atoms with E-state index in [1.54, 1.807) is 31.2 Å². The Morgan fingerprint density at radius 1 is 1.15 bits per heavy atom. The molecule has 0 heterocycles. The fraction of sp³-hybridized carbons (Fsp3) is 0.263. The Morgan fingerprint density at radius 3 is 2.48 bits per heavy atom. The molecule has 0 atom stereocenters. The molecule has 0 aliphatic rings. The lowest BCUT2D eigenvalue weighted by molar-refractivity contribution is -0.116. The normalized spacial score (nSPS) is 11.4. The molecule has 8 heteroatoms. The molecule has 2 rings (SSSR count). The van der Waals surface area contributed by atoms with Crippen LogP contribution in [0.2, 0.25) is 5.02 Å². The van der Waals surface area contributed by atoms with Crippen LogP contribution in [0.3, 0.4) is 0 Å². The lowest BCUT2D eigenvalue weighted by Gasteiger charge is -2.20. The van der Waals surface area contributed by atoms with Crippen molar-refractivity contribution in [3.63, 3.8) is 0 Å². The van der Waals surface area contributed by atoms with E-state index in [2.05, 4.69) is 5.32 Å². The van der Waals surface area contributed by atoms with Crippen LogP contribution >= 0.6 is 11.6 Å². The molecule has 0 aromatic heterocycles. The Bertz CT molecular complexity index is 973. The van der Waals surface area contributed by atoms with Gasteiger partial charge in [0.25, 0.3) is 0 Å². The molecule has 0 bridgehead atoms. The van der Waals surface area contributed by atoms with Crippen molar-refractivity contribution < 1.29 is 18.0 Å². The van der Waals surface area contributed by atoms with Gasteiger partial charge in [-0.3, -0.25) is 9.59 Å². The van der Waals surface area contributed by atoms with Crippen molar-refractivity contribution >= 4 is 39.0 Å². The molecule has 0 saturated carbocycles. The number of nitrogens with one attached hydrogen (secondary N) is 1. The van der Waals surface area contributed by atoms with E-state index in [-0.39, 0.29) is 23.8 Å². The summed E-state index contributed by atoms with van der Waals surface area (Å²) in [6.45, 7) is 4.57. The van der Waals surface area contributed by atoms with Crippen molar-refractivity contribution in [3.05, 3.63) is 58.6 Å². The minimum atomic E-state index is -3.92. The molecule has 2 aromatic rings. The van der Waals surface area contributed by atoms with Gasteiger partial charge in [0.05, 0.1) is 11.4 Å². The lowest BCUT2D eigenvalue weighted by atomic mass is 10.2. The third kappa shape index (κ3) is 5.15. The number of carbonyl (C=O) groups is 2. The average molecular weight is 409 g/mol. The van der Waals surface area contributed by atoms with Crippen molar-refractivity contribution in [1.82, 2.24) is 4.31 Å². The number of anilines is 1. The van der Waals surface area contributed by atoms with Gasteiger partial charge in [-0.1, -0.05) is 36.7 Å². The highest BCUT2D eigenvalue weighted by Gasteiger charge is 2.26. The predicted molar refractivity (Wildman–Crippen MR) is 106 cm³/mol. The molecular weight excluding hydrogens is 388 g/mol. The van der Waals surface area contributed by atoms with Crippen molar-refractivity contribution in [2.75, 3.05) is 18.4 Å². The predicted octanol–water partition coefficient (Wildman–Crippen LogP) is 3.50. The zero-order chi connectivity index (χ0) is 20.2. The van der Waals surface area contributed by atoms with E-state index in [1.807, 2.05) is 6.92 Å². The summed E-state index contributed by atoms with van der Waals surface area (Å²) in [4.78, 5) is 23.9. The van der Waals surface area contributed by atoms with Gasteiger partial charge in [-0.25, -0.2) is 8.42 Å². The second-order valence-corrected chi connectivity index (χ2v) is 8.40. The summed E-state index contributed by atoms with van der Waals surface area (Å²) in [6, 6.07) is 10.9. The quantitative estimate of drug-likeness (QED) is 0.710. The maximum absolute atomic E-state index is 12.9. The molecule has 2 aromatic carbocycles. The van der Waals surface area contributed by atoms with E-state index < -0.39 is 15.9 Å². The summed E-state index contributed by atoms with van der Waals surface area (Å²) in [5.41, 5.74) is 1.64. The Labute approximate surface area is 164 Å². The summed E-state index contributed by atoms with van der Waals surface area (Å²) < 4.78 is 26.8. The highest BCUT2D eigenvalue weighted by atomic mass is 35.5. The summed E-state index contributed by atoms with van der Waals surface area (Å²) in [7, 11) is -3.92. The van der Waals surface area contributed by atoms with Crippen molar-refractivity contribution in [3.8, 4) is 0 Å². The zero-order valence-corrected chi connectivity index (χ0v) is 16.9. The minimum Gasteiger partial charge on any atom is -0.325 e. The first-order chi connectivity index (χ1) is 12.6. The number of halogens is 1. The average Bonchev–Trinajstić information content (AvgIpc) is 2.62. The Kier molecular flexibility index (Phi) is 6.75. The van der Waals surface area contributed by atoms with Crippen molar-refractivity contribution in [1.29, 1.82) is 0 Å². The van der Waals surface area contributed by atoms with E-state index in [0.717, 1.165) is 9.87 Å². The Balaban J connectivity index is 2.22. The van der Waals surface area contributed by atoms with Gasteiger partial charge < -0.3 is 5.32 Å². The lowest BCUT2D eigenvalue weighted by Crippen LogP contribution is -2.38. The van der Waals surface area contributed by atoms with Gasteiger partial charge in [0.1, 0.15) is 0 Å². The molecule has 0 aliphatic carbocycles. The first-order valence-electron chi connectivity index (χ1n) is 8.32. The van der Waals surface area contributed by atoms with Crippen LogP contribution in [0, 0.1) is 6.92 Å². The molecular formula is C19H21ClN2O4S. The van der Waals surface area contributed by atoms with Crippen LogP contribution in [-0.2, 0) is 14.8 Å². The van der Waals surface area contributed by atoms with Crippen LogP contribution in [0.4, 0.5) is 5.69 Å². The number of carbonyl (C=O) groups excluding carboxylic acids is 2. The zero-order valence-electron chi connectivity index (χ0n) is 15.3. The topological polar surface area (TPSA) is 83.6 Å². The van der Waals surface area contributed by atoms with Gasteiger partial charge in [-0.05, 0) is 43.7 Å². The number of Topliss-reactive ketones (excluding diaryl/α,β-unsaturated/α-hetero) is 1. The van der Waals surface area contributed by atoms with E-state index in [4.69, 9.17) is 11.6 Å². The van der Waals surface area contributed by atoms with Crippen molar-refractivity contribution in [2.45, 2.75) is 25.7 Å². The SMILES string of the molecule is CCN(CC(=O)Nc1cc(Cl)ccc1C)S(=O)(=O)c1cccc(C(C)=O)c1. The van der Waals surface area contributed by atoms with Gasteiger partial charge >= 0.3 is 0 Å². The molecule has 0 saturated heterocycles. The fourth-order valence-corrected chi connectivity index (χ4v) is 4.09. The van der Waals surface area contributed by atoms with Crippen LogP contribution in [0.5, 0.6) is 0 Å². The molecule has 27 heavy (non-hydrogen) atoms. The third-order valence-electron chi connectivity index (χ3n) is 4.02. The van der Waals surface area contributed by atoms with Gasteiger partial charge in [-0.15, -0.1) is 0 Å². The van der Waals surface area contributed by atoms with Gasteiger partial charge in [0, 0.05) is 22.8 Å². The monoisotopic (exact) mass is 408 g/mol. The van der Waals surface area contributed by atoms with Crippen LogP contribution < -0.4 is 5.32 Å². The molecule has 6 nitrogen and oxygen atoms in total. The number of benzene rings is 2. The maximum Gasteiger partial charge on any atom is 0.243 e. The highest BCUT2D eigenvalue weighted by Crippen LogP contribution is 2.21. The number of aryl methyl sites for hydroxylation is 1. The first kappa shape index (κ1) is 21.1. The number of hydrogen-bond acceptors (Lipinski definition) is 4. The minimum absolute atomic E-state index is 0.0243. The number of amides is 1. The number of likely N-dealkylation sites (N-methyl/N-ethyl adjacent to an activating group) is 1. The smallest absolute Gasteiger partial charge is 0.243 e. The largest absolute Gasteiger partial charge is 0.325 e. The van der Waals surface area contributed by atoms with Crippen molar-refractivity contribution in [2.24, 2.45) is 0 Å². The number of hydrogen-bond donors (Lipinski definition) is 1. The summed E-state index contributed by atoms with van der Waals surface area (Å²) >= 11 is 5.94. The molecule has 144 valence electrons. The molecule has 0 radical (unpaired) electrons. The van der Waals surface area contributed by atoms with Gasteiger partial charge in [0.2, 0.25) is 15.9 Å². The Hall–Kier alpha value is -2.22. The maximum atomic E-state index is 12.9. The molecule has 0 unspecified atom stereocenters. The first-order valence-corrected chi connectivity index (χ1v) is 10.1.